The number of likely N-dealkylation sites (tertiary alicyclic amines) is 1. The van der Waals surface area contributed by atoms with Crippen LogP contribution < -0.4 is 10.6 Å². The largest absolute Gasteiger partial charge is 0.507 e. The number of anilines is 1. The number of primary amides is 1. The van der Waals surface area contributed by atoms with Gasteiger partial charge in [-0.05, 0) is 55.5 Å². The number of carbonyl (C=O) groups is 5. The van der Waals surface area contributed by atoms with Crippen molar-refractivity contribution in [2.75, 3.05) is 4.90 Å². The number of allylic oxidation sites excluding steroid dienone is 2. The highest BCUT2D eigenvalue weighted by atomic mass is 35.5. The van der Waals surface area contributed by atoms with Crippen molar-refractivity contribution >= 4 is 58.5 Å². The number of aryl methyl sites for hydroxylation is 1. The van der Waals surface area contributed by atoms with Gasteiger partial charge < -0.3 is 10.8 Å². The summed E-state index contributed by atoms with van der Waals surface area (Å²) in [6.07, 6.45) is 1.40. The van der Waals surface area contributed by atoms with Crippen LogP contribution in [0.5, 0.6) is 5.75 Å². The van der Waals surface area contributed by atoms with Gasteiger partial charge in [0.15, 0.2) is 9.75 Å². The Morgan fingerprint density at radius 1 is 1.02 bits per heavy atom. The number of phenols is 1. The van der Waals surface area contributed by atoms with Crippen LogP contribution >= 0.6 is 23.2 Å². The molecule has 3 fully saturated rings. The minimum Gasteiger partial charge on any atom is -0.507 e. The van der Waals surface area contributed by atoms with Gasteiger partial charge in [-0.3, -0.25) is 19.2 Å². The monoisotopic (exact) mass is 585 g/mol. The fourth-order valence-corrected chi connectivity index (χ4v) is 7.80. The Kier molecular flexibility index (Phi) is 5.70. The van der Waals surface area contributed by atoms with Crippen molar-refractivity contribution < 1.29 is 33.5 Å². The summed E-state index contributed by atoms with van der Waals surface area (Å²) in [7, 11) is 0. The quantitative estimate of drug-likeness (QED) is 0.314. The Labute approximate surface area is 237 Å². The highest BCUT2D eigenvalue weighted by Crippen LogP contribution is 2.66. The normalized spacial score (nSPS) is 33.0. The van der Waals surface area contributed by atoms with Crippen LogP contribution in [0, 0.1) is 30.5 Å². The van der Waals surface area contributed by atoms with Gasteiger partial charge in [0.2, 0.25) is 11.8 Å². The molecule has 12 heteroatoms. The molecule has 0 spiro atoms. The van der Waals surface area contributed by atoms with E-state index < -0.39 is 68.9 Å². The minimum absolute atomic E-state index is 0.0416. The Morgan fingerprint density at radius 3 is 2.35 bits per heavy atom. The van der Waals surface area contributed by atoms with Crippen molar-refractivity contribution in [3.8, 4) is 5.75 Å². The number of phenolic OH excluding ortho intramolecular Hbond substituents is 1. The molecule has 1 saturated carbocycles. The summed E-state index contributed by atoms with van der Waals surface area (Å²) in [5.74, 6) is -8.20. The van der Waals surface area contributed by atoms with Gasteiger partial charge in [-0.1, -0.05) is 29.8 Å². The second-order valence-corrected chi connectivity index (χ2v) is 11.9. The standard InChI is InChI=1S/C28H22Cl2FN3O6/c1-12-3-2-4-17(21(12)35)20-15-9-10-16-19(23(37)34(22(16)36)26(32)40)18(15)11-27(29)24(38)33(25(39)28(20,27)30)14-7-5-13(31)6-8-14/h2-9,16,18-20,35H,10-11H2,1H3,(H2,32,40)/t16-,18+,19-,20+,27+,28-/m0/s1. The summed E-state index contributed by atoms with van der Waals surface area (Å²) in [4.78, 5) is 63.5. The molecule has 0 bridgehead atoms. The Hall–Kier alpha value is -3.76. The first-order valence-corrected chi connectivity index (χ1v) is 13.3. The third-order valence-corrected chi connectivity index (χ3v) is 10.1. The van der Waals surface area contributed by atoms with Crippen LogP contribution in [0.25, 0.3) is 0 Å². The number of para-hydroxylation sites is 1. The van der Waals surface area contributed by atoms with E-state index in [2.05, 4.69) is 0 Å². The molecule has 206 valence electrons. The van der Waals surface area contributed by atoms with E-state index >= 15 is 0 Å². The molecular formula is C28H22Cl2FN3O6. The average Bonchev–Trinajstić information content (AvgIpc) is 3.25. The molecule has 2 aliphatic heterocycles. The molecule has 6 atom stereocenters. The van der Waals surface area contributed by atoms with Gasteiger partial charge in [-0.2, -0.15) is 4.90 Å². The van der Waals surface area contributed by atoms with E-state index in [0.717, 1.165) is 17.0 Å². The molecule has 6 rings (SSSR count). The van der Waals surface area contributed by atoms with Crippen LogP contribution in [0.3, 0.4) is 0 Å². The summed E-state index contributed by atoms with van der Waals surface area (Å²) in [6.45, 7) is 1.65. The summed E-state index contributed by atoms with van der Waals surface area (Å²) >= 11 is 14.4. The van der Waals surface area contributed by atoms with Gasteiger partial charge in [0.1, 0.15) is 11.6 Å². The van der Waals surface area contributed by atoms with Crippen molar-refractivity contribution in [1.29, 1.82) is 0 Å². The number of rotatable bonds is 2. The number of halogens is 3. The van der Waals surface area contributed by atoms with Gasteiger partial charge in [0.05, 0.1) is 17.5 Å². The van der Waals surface area contributed by atoms with E-state index in [0.29, 0.717) is 16.0 Å². The zero-order chi connectivity index (χ0) is 28.9. The first-order valence-electron chi connectivity index (χ1n) is 12.5. The second kappa shape index (κ2) is 8.62. The molecule has 2 aliphatic carbocycles. The van der Waals surface area contributed by atoms with Gasteiger partial charge in [0.25, 0.3) is 11.8 Å². The molecule has 2 aromatic carbocycles. The lowest BCUT2D eigenvalue weighted by molar-refractivity contribution is -0.136. The molecule has 0 radical (unpaired) electrons. The van der Waals surface area contributed by atoms with E-state index in [-0.39, 0.29) is 29.8 Å². The molecule has 2 aromatic rings. The fraction of sp³-hybridized carbons (Fsp3) is 0.321. The topological polar surface area (TPSA) is 138 Å². The first kappa shape index (κ1) is 26.5. The fourth-order valence-electron chi connectivity index (χ4n) is 6.88. The van der Waals surface area contributed by atoms with Crippen molar-refractivity contribution in [3.05, 3.63) is 71.1 Å². The molecule has 2 heterocycles. The van der Waals surface area contributed by atoms with Crippen molar-refractivity contribution in [3.63, 3.8) is 0 Å². The van der Waals surface area contributed by atoms with E-state index in [1.54, 1.807) is 31.2 Å². The average molecular weight is 586 g/mol. The number of nitrogens with zero attached hydrogens (tertiary/aromatic N) is 2. The lowest BCUT2D eigenvalue weighted by Crippen LogP contribution is -2.60. The van der Waals surface area contributed by atoms with Gasteiger partial charge in [-0.25, -0.2) is 14.1 Å². The van der Waals surface area contributed by atoms with Crippen LogP contribution in [0.2, 0.25) is 0 Å². The summed E-state index contributed by atoms with van der Waals surface area (Å²) in [6, 6.07) is 8.29. The maximum Gasteiger partial charge on any atom is 0.328 e. The molecule has 2 saturated heterocycles. The highest BCUT2D eigenvalue weighted by Gasteiger charge is 2.77. The number of urea groups is 1. The zero-order valence-electron chi connectivity index (χ0n) is 20.9. The SMILES string of the molecule is Cc1cccc([C@H]2C3=CC[C@@H]4C(=O)N(C(N)=O)C(=O)[C@@H]4[C@@H]3C[C@@]3(Cl)C(=O)N(c4ccc(F)cc4)C(=O)[C@@]23Cl)c1O. The van der Waals surface area contributed by atoms with Crippen molar-refractivity contribution in [2.45, 2.75) is 35.4 Å². The molecule has 3 N–H and O–H groups in total. The molecule has 40 heavy (non-hydrogen) atoms. The summed E-state index contributed by atoms with van der Waals surface area (Å²) in [5.41, 5.74) is 6.50. The molecule has 4 aliphatic rings. The van der Waals surface area contributed by atoms with E-state index in [9.17, 15) is 33.5 Å². The van der Waals surface area contributed by atoms with Crippen LogP contribution in [-0.4, -0.2) is 49.4 Å². The van der Waals surface area contributed by atoms with Crippen LogP contribution in [0.15, 0.2) is 54.1 Å². The van der Waals surface area contributed by atoms with Gasteiger partial charge >= 0.3 is 6.03 Å². The Balaban J connectivity index is 1.59. The maximum absolute atomic E-state index is 14.2. The predicted molar refractivity (Wildman–Crippen MR) is 141 cm³/mol. The van der Waals surface area contributed by atoms with Crippen LogP contribution in [-0.2, 0) is 19.2 Å². The lowest BCUT2D eigenvalue weighted by atomic mass is 9.56. The number of imide groups is 4. The number of nitrogens with two attached hydrogens (primary N) is 1. The predicted octanol–water partition coefficient (Wildman–Crippen LogP) is 3.48. The number of benzene rings is 2. The minimum atomic E-state index is -2.17. The Morgan fingerprint density at radius 2 is 1.70 bits per heavy atom. The van der Waals surface area contributed by atoms with Gasteiger partial charge in [-0.15, -0.1) is 23.2 Å². The Bertz CT molecular complexity index is 1580. The molecule has 0 unspecified atom stereocenters. The van der Waals surface area contributed by atoms with E-state index in [1.165, 1.54) is 12.1 Å². The molecular weight excluding hydrogens is 564 g/mol. The summed E-state index contributed by atoms with van der Waals surface area (Å²) < 4.78 is 13.7. The van der Waals surface area contributed by atoms with Gasteiger partial charge in [0, 0.05) is 11.5 Å². The molecule has 6 amide bonds. The second-order valence-electron chi connectivity index (χ2n) is 10.6. The number of amides is 6. The van der Waals surface area contributed by atoms with Crippen LogP contribution in [0.1, 0.15) is 29.9 Å². The lowest BCUT2D eigenvalue weighted by Gasteiger charge is -2.50. The number of alkyl halides is 2. The van der Waals surface area contributed by atoms with E-state index in [4.69, 9.17) is 28.9 Å². The maximum atomic E-state index is 14.2. The zero-order valence-corrected chi connectivity index (χ0v) is 22.4. The summed E-state index contributed by atoms with van der Waals surface area (Å²) in [5, 5.41) is 11.1. The molecule has 9 nitrogen and oxygen atoms in total. The first-order chi connectivity index (χ1) is 18.8. The third kappa shape index (κ3) is 3.17. The van der Waals surface area contributed by atoms with E-state index in [1.807, 2.05) is 0 Å². The highest BCUT2D eigenvalue weighted by molar-refractivity contribution is 6.58. The third-order valence-electron chi connectivity index (χ3n) is 8.70. The van der Waals surface area contributed by atoms with Crippen molar-refractivity contribution in [1.82, 2.24) is 4.90 Å². The smallest absolute Gasteiger partial charge is 0.328 e. The number of carbonyl (C=O) groups excluding carboxylic acids is 5. The van der Waals surface area contributed by atoms with Crippen molar-refractivity contribution in [2.24, 2.45) is 23.5 Å². The number of hydrogen-bond acceptors (Lipinski definition) is 6. The number of aromatic hydroxyl groups is 1. The molecule has 0 aromatic heterocycles. The number of hydrogen-bond donors (Lipinski definition) is 2. The number of fused-ring (bicyclic) bond motifs is 4. The van der Waals surface area contributed by atoms with Crippen LogP contribution in [0.4, 0.5) is 14.9 Å².